The molecule has 2 aliphatic heterocycles. The number of amides is 2. The number of aliphatic imine (C=N–C) groups is 1. The molecule has 3 heterocycles. The quantitative estimate of drug-likeness (QED) is 0.407. The van der Waals surface area contributed by atoms with Crippen LogP contribution in [-0.4, -0.2) is 39.6 Å². The summed E-state index contributed by atoms with van der Waals surface area (Å²) in [5.74, 6) is -2.47. The normalized spacial score (nSPS) is 18.1. The molecule has 0 bridgehead atoms. The number of aryl methyl sites for hydroxylation is 1. The van der Waals surface area contributed by atoms with Gasteiger partial charge in [-0.3, -0.25) is 9.59 Å². The maximum atomic E-state index is 14.8. The van der Waals surface area contributed by atoms with Crippen LogP contribution in [0.2, 0.25) is 0 Å². The van der Waals surface area contributed by atoms with Gasteiger partial charge in [0.15, 0.2) is 0 Å². The number of para-hydroxylation sites is 1. The van der Waals surface area contributed by atoms with Crippen molar-refractivity contribution in [3.05, 3.63) is 101 Å². The van der Waals surface area contributed by atoms with Crippen molar-refractivity contribution >= 4 is 23.2 Å². The average Bonchev–Trinajstić information content (AvgIpc) is 3.24. The van der Waals surface area contributed by atoms with Crippen LogP contribution in [0.3, 0.4) is 0 Å². The number of rotatable bonds is 4. The molecule has 2 atom stereocenters. The monoisotopic (exact) mass is 527 g/mol. The van der Waals surface area contributed by atoms with E-state index in [0.29, 0.717) is 29.8 Å². The number of ether oxygens (including phenoxy) is 1. The maximum Gasteiger partial charge on any atom is 0.269 e. The van der Waals surface area contributed by atoms with Crippen LogP contribution in [0.15, 0.2) is 77.8 Å². The van der Waals surface area contributed by atoms with Gasteiger partial charge in [-0.2, -0.15) is 5.10 Å². The first kappa shape index (κ1) is 24.5. The highest BCUT2D eigenvalue weighted by molar-refractivity contribution is 6.20. The second kappa shape index (κ2) is 9.79. The molecule has 1 aromatic heterocycles. The molecular weight excluding hydrogens is 504 g/mol. The van der Waals surface area contributed by atoms with Crippen molar-refractivity contribution in [2.24, 2.45) is 4.99 Å². The van der Waals surface area contributed by atoms with E-state index in [1.807, 2.05) is 13.0 Å². The average molecular weight is 528 g/mol. The first-order chi connectivity index (χ1) is 18.9. The lowest BCUT2D eigenvalue weighted by Crippen LogP contribution is -2.42. The van der Waals surface area contributed by atoms with Crippen molar-refractivity contribution < 1.29 is 23.1 Å². The molecule has 4 aromatic rings. The van der Waals surface area contributed by atoms with E-state index in [-0.39, 0.29) is 34.5 Å². The first-order valence-corrected chi connectivity index (χ1v) is 12.5. The number of aromatic nitrogens is 2. The Hall–Kier alpha value is -4.86. The lowest BCUT2D eigenvalue weighted by atomic mass is 10.0. The predicted octanol–water partition coefficient (Wildman–Crippen LogP) is 4.54. The number of hydrogen-bond acceptors (Lipinski definition) is 5. The summed E-state index contributed by atoms with van der Waals surface area (Å²) in [7, 11) is 0. The smallest absolute Gasteiger partial charge is 0.269 e. The number of halogens is 2. The fraction of sp³-hybridized carbons (Fsp3) is 0.172. The van der Waals surface area contributed by atoms with Gasteiger partial charge in [-0.1, -0.05) is 54.6 Å². The third kappa shape index (κ3) is 4.43. The number of nitrogens with zero attached hydrogens (tertiary/aromatic N) is 3. The highest BCUT2D eigenvalue weighted by atomic mass is 19.1. The Kier molecular flexibility index (Phi) is 6.14. The van der Waals surface area contributed by atoms with Gasteiger partial charge >= 0.3 is 0 Å². The number of carbonyl (C=O) groups excluding carboxylic acids is 2. The van der Waals surface area contributed by atoms with Crippen LogP contribution < -0.4 is 15.4 Å². The molecule has 0 spiro atoms. The standard InChI is InChI=1S/C29H23F2N5O3/c1-16-14-15-36-29(39-16)22(25(35-36)18-10-5-6-12-20(18)30)27(37)34-26-28(38)33-24-19(11-7-13-21(24)31)23(32-26)17-8-3-2-4-9-17/h2-13,16,26H,14-15H2,1H3,(H,33,38)(H,34,37)/t16-,26-/m1/s1. The van der Waals surface area contributed by atoms with Crippen LogP contribution in [0, 0.1) is 11.6 Å². The minimum atomic E-state index is -1.43. The minimum Gasteiger partial charge on any atom is -0.474 e. The molecule has 0 saturated heterocycles. The molecule has 0 unspecified atom stereocenters. The van der Waals surface area contributed by atoms with Gasteiger partial charge in [0, 0.05) is 29.7 Å². The van der Waals surface area contributed by atoms with Gasteiger partial charge < -0.3 is 15.4 Å². The van der Waals surface area contributed by atoms with E-state index in [1.165, 1.54) is 28.9 Å². The highest BCUT2D eigenvalue weighted by Crippen LogP contribution is 2.35. The molecule has 0 aliphatic carbocycles. The zero-order valence-electron chi connectivity index (χ0n) is 20.8. The molecule has 2 amide bonds. The highest BCUT2D eigenvalue weighted by Gasteiger charge is 2.34. The molecule has 10 heteroatoms. The van der Waals surface area contributed by atoms with E-state index >= 15 is 0 Å². The van der Waals surface area contributed by atoms with Crippen LogP contribution in [0.5, 0.6) is 5.88 Å². The van der Waals surface area contributed by atoms with E-state index in [9.17, 15) is 18.4 Å². The molecule has 0 fully saturated rings. The van der Waals surface area contributed by atoms with E-state index < -0.39 is 29.6 Å². The molecule has 39 heavy (non-hydrogen) atoms. The summed E-state index contributed by atoms with van der Waals surface area (Å²) in [5, 5.41) is 9.68. The van der Waals surface area contributed by atoms with Gasteiger partial charge in [-0.25, -0.2) is 18.5 Å². The largest absolute Gasteiger partial charge is 0.474 e. The van der Waals surface area contributed by atoms with Gasteiger partial charge in [0.1, 0.15) is 22.9 Å². The van der Waals surface area contributed by atoms with Crippen LogP contribution in [-0.2, 0) is 11.3 Å². The Morgan fingerprint density at radius 3 is 2.51 bits per heavy atom. The fourth-order valence-electron chi connectivity index (χ4n) is 4.74. The van der Waals surface area contributed by atoms with Gasteiger partial charge in [-0.05, 0) is 25.1 Å². The van der Waals surface area contributed by atoms with E-state index in [0.717, 1.165) is 0 Å². The lowest BCUT2D eigenvalue weighted by molar-refractivity contribution is -0.117. The molecule has 6 rings (SSSR count). The summed E-state index contributed by atoms with van der Waals surface area (Å²) in [6, 6.07) is 19.4. The Morgan fingerprint density at radius 1 is 1.00 bits per heavy atom. The molecule has 0 saturated carbocycles. The Morgan fingerprint density at radius 2 is 1.72 bits per heavy atom. The number of fused-ring (bicyclic) bond motifs is 2. The van der Waals surface area contributed by atoms with Gasteiger partial charge in [0.05, 0.1) is 17.5 Å². The summed E-state index contributed by atoms with van der Waals surface area (Å²) in [4.78, 5) is 31.6. The van der Waals surface area contributed by atoms with E-state index in [2.05, 4.69) is 20.7 Å². The number of benzene rings is 3. The van der Waals surface area contributed by atoms with Crippen molar-refractivity contribution in [2.45, 2.75) is 32.2 Å². The second-order valence-corrected chi connectivity index (χ2v) is 9.32. The number of nitrogens with one attached hydrogen (secondary N) is 2. The summed E-state index contributed by atoms with van der Waals surface area (Å²) < 4.78 is 37.1. The van der Waals surface area contributed by atoms with Gasteiger partial charge in [0.25, 0.3) is 11.8 Å². The van der Waals surface area contributed by atoms with Gasteiger partial charge in [-0.15, -0.1) is 0 Å². The number of anilines is 1. The summed E-state index contributed by atoms with van der Waals surface area (Å²) in [5.41, 5.74) is 1.49. The summed E-state index contributed by atoms with van der Waals surface area (Å²) >= 11 is 0. The molecule has 2 aliphatic rings. The molecule has 2 N–H and O–H groups in total. The van der Waals surface area contributed by atoms with Crippen molar-refractivity contribution in [1.29, 1.82) is 0 Å². The molecule has 3 aromatic carbocycles. The Labute approximate surface area is 222 Å². The Bertz CT molecular complexity index is 1630. The fourth-order valence-corrected chi connectivity index (χ4v) is 4.74. The number of carbonyl (C=O) groups is 2. The first-order valence-electron chi connectivity index (χ1n) is 12.5. The number of hydrogen-bond donors (Lipinski definition) is 2. The van der Waals surface area contributed by atoms with Gasteiger partial charge in [0.2, 0.25) is 12.0 Å². The topological polar surface area (TPSA) is 97.6 Å². The van der Waals surface area contributed by atoms with Crippen molar-refractivity contribution in [3.8, 4) is 17.1 Å². The third-order valence-corrected chi connectivity index (χ3v) is 6.66. The zero-order chi connectivity index (χ0) is 27.1. The van der Waals surface area contributed by atoms with Crippen LogP contribution in [0.4, 0.5) is 14.5 Å². The van der Waals surface area contributed by atoms with Crippen LogP contribution in [0.25, 0.3) is 11.3 Å². The third-order valence-electron chi connectivity index (χ3n) is 6.66. The van der Waals surface area contributed by atoms with E-state index in [1.54, 1.807) is 42.5 Å². The molecule has 8 nitrogen and oxygen atoms in total. The second-order valence-electron chi connectivity index (χ2n) is 9.32. The SMILES string of the molecule is C[C@@H]1CCn2nc(-c3ccccc3F)c(C(=O)N[C@H]3N=C(c4ccccc4)c4cccc(F)c4NC3=O)c2O1. The zero-order valence-corrected chi connectivity index (χ0v) is 20.8. The van der Waals surface area contributed by atoms with Crippen LogP contribution in [0.1, 0.15) is 34.8 Å². The lowest BCUT2D eigenvalue weighted by Gasteiger charge is -2.22. The van der Waals surface area contributed by atoms with Crippen molar-refractivity contribution in [3.63, 3.8) is 0 Å². The van der Waals surface area contributed by atoms with Crippen LogP contribution >= 0.6 is 0 Å². The summed E-state index contributed by atoms with van der Waals surface area (Å²) in [6.45, 7) is 2.34. The maximum absolute atomic E-state index is 14.8. The molecule has 196 valence electrons. The predicted molar refractivity (Wildman–Crippen MR) is 141 cm³/mol. The molecule has 0 radical (unpaired) electrons. The van der Waals surface area contributed by atoms with Crippen molar-refractivity contribution in [1.82, 2.24) is 15.1 Å². The number of benzodiazepines with no additional fused rings is 1. The van der Waals surface area contributed by atoms with E-state index in [4.69, 9.17) is 4.74 Å². The molecular formula is C29H23F2N5O3. The summed E-state index contributed by atoms with van der Waals surface area (Å²) in [6.07, 6.45) is -0.966. The Balaban J connectivity index is 1.44. The van der Waals surface area contributed by atoms with Crippen molar-refractivity contribution in [2.75, 3.05) is 5.32 Å². The minimum absolute atomic E-state index is 0.0103.